The summed E-state index contributed by atoms with van der Waals surface area (Å²) in [4.78, 5) is 17.8. The second-order valence-corrected chi connectivity index (χ2v) is 5.15. The Hall–Kier alpha value is -2.36. The van der Waals surface area contributed by atoms with E-state index >= 15 is 0 Å². The smallest absolute Gasteiger partial charge is 0.326 e. The second kappa shape index (κ2) is 4.96. The first kappa shape index (κ1) is 12.7. The van der Waals surface area contributed by atoms with Crippen LogP contribution in [0.4, 0.5) is 5.82 Å². The van der Waals surface area contributed by atoms with Crippen molar-refractivity contribution in [1.29, 1.82) is 0 Å². The highest BCUT2D eigenvalue weighted by Crippen LogP contribution is 2.27. The molecule has 4 heteroatoms. The number of hydrogen-bond donors (Lipinski definition) is 1. The minimum absolute atomic E-state index is 0.515. The highest BCUT2D eigenvalue weighted by atomic mass is 16.4. The van der Waals surface area contributed by atoms with Gasteiger partial charge in [-0.15, -0.1) is 0 Å². The number of rotatable bonds is 2. The molecule has 0 fully saturated rings. The van der Waals surface area contributed by atoms with E-state index in [9.17, 15) is 9.90 Å². The van der Waals surface area contributed by atoms with E-state index in [1.807, 2.05) is 42.2 Å². The molecule has 0 radical (unpaired) electrons. The topological polar surface area (TPSA) is 53.4 Å². The van der Waals surface area contributed by atoms with Crippen molar-refractivity contribution in [2.45, 2.75) is 25.9 Å². The molecule has 1 atom stereocenters. The first-order valence-electron chi connectivity index (χ1n) is 6.64. The van der Waals surface area contributed by atoms with Crippen LogP contribution in [0.2, 0.25) is 0 Å². The van der Waals surface area contributed by atoms with Crippen LogP contribution in [0.3, 0.4) is 0 Å². The lowest BCUT2D eigenvalue weighted by Crippen LogP contribution is -2.46. The molecule has 1 aliphatic heterocycles. The summed E-state index contributed by atoms with van der Waals surface area (Å²) in [6.07, 6.45) is 2.29. The van der Waals surface area contributed by atoms with Gasteiger partial charge in [-0.3, -0.25) is 0 Å². The van der Waals surface area contributed by atoms with Crippen LogP contribution in [0.1, 0.15) is 16.7 Å². The van der Waals surface area contributed by atoms with Crippen molar-refractivity contribution in [3.05, 3.63) is 59.3 Å². The minimum atomic E-state index is -0.804. The highest BCUT2D eigenvalue weighted by Gasteiger charge is 2.31. The molecule has 0 amide bonds. The van der Waals surface area contributed by atoms with Crippen molar-refractivity contribution in [2.75, 3.05) is 4.90 Å². The summed E-state index contributed by atoms with van der Waals surface area (Å²) < 4.78 is 0. The van der Waals surface area contributed by atoms with E-state index in [1.54, 1.807) is 6.20 Å². The quantitative estimate of drug-likeness (QED) is 0.908. The Labute approximate surface area is 117 Å². The number of hydrogen-bond acceptors (Lipinski definition) is 3. The number of carbonyl (C=O) groups is 1. The number of carboxylic acid groups (broad SMARTS) is 1. The second-order valence-electron chi connectivity index (χ2n) is 5.15. The molecular formula is C16H16N2O2. The van der Waals surface area contributed by atoms with Gasteiger partial charge >= 0.3 is 5.97 Å². The number of pyridine rings is 1. The normalized spacial score (nSPS) is 17.6. The maximum atomic E-state index is 11.5. The summed E-state index contributed by atoms with van der Waals surface area (Å²) in [5, 5.41) is 9.48. The molecule has 1 unspecified atom stereocenters. The van der Waals surface area contributed by atoms with E-state index in [0.717, 1.165) is 16.9 Å². The van der Waals surface area contributed by atoms with Crippen LogP contribution in [-0.4, -0.2) is 22.1 Å². The standard InChI is InChI=1S/C16H16N2O2/c1-11-6-7-15(17-9-11)18-10-13-5-3-2-4-12(13)8-14(18)16(19)20/h2-7,9,14H,8,10H2,1H3,(H,19,20). The van der Waals surface area contributed by atoms with Gasteiger partial charge in [0, 0.05) is 19.2 Å². The first-order valence-corrected chi connectivity index (χ1v) is 6.64. The van der Waals surface area contributed by atoms with Crippen LogP contribution < -0.4 is 4.90 Å². The largest absolute Gasteiger partial charge is 0.480 e. The van der Waals surface area contributed by atoms with Crippen LogP contribution in [-0.2, 0) is 17.8 Å². The third-order valence-electron chi connectivity index (χ3n) is 3.72. The van der Waals surface area contributed by atoms with Crippen molar-refractivity contribution < 1.29 is 9.90 Å². The van der Waals surface area contributed by atoms with Crippen LogP contribution in [0, 0.1) is 6.92 Å². The lowest BCUT2D eigenvalue weighted by Gasteiger charge is -2.35. The fourth-order valence-electron chi connectivity index (χ4n) is 2.61. The number of aromatic nitrogens is 1. The minimum Gasteiger partial charge on any atom is -0.480 e. The van der Waals surface area contributed by atoms with Gasteiger partial charge in [-0.2, -0.15) is 0 Å². The number of carboxylic acids is 1. The van der Waals surface area contributed by atoms with Gasteiger partial charge in [-0.1, -0.05) is 30.3 Å². The van der Waals surface area contributed by atoms with Crippen LogP contribution in [0.5, 0.6) is 0 Å². The molecule has 20 heavy (non-hydrogen) atoms. The van der Waals surface area contributed by atoms with Gasteiger partial charge in [0.15, 0.2) is 0 Å². The van der Waals surface area contributed by atoms with E-state index in [1.165, 1.54) is 5.56 Å². The SMILES string of the molecule is Cc1ccc(N2Cc3ccccc3CC2C(=O)O)nc1. The fourth-order valence-corrected chi connectivity index (χ4v) is 2.61. The summed E-state index contributed by atoms with van der Waals surface area (Å²) in [7, 11) is 0. The number of benzene rings is 1. The lowest BCUT2D eigenvalue weighted by molar-refractivity contribution is -0.138. The third kappa shape index (κ3) is 2.25. The molecule has 0 saturated heterocycles. The zero-order chi connectivity index (χ0) is 14.1. The molecule has 0 bridgehead atoms. The van der Waals surface area contributed by atoms with Gasteiger partial charge in [0.25, 0.3) is 0 Å². The zero-order valence-corrected chi connectivity index (χ0v) is 11.3. The third-order valence-corrected chi connectivity index (χ3v) is 3.72. The summed E-state index contributed by atoms with van der Waals surface area (Å²) in [6, 6.07) is 11.3. The Balaban J connectivity index is 2.00. The Bertz CT molecular complexity index is 637. The van der Waals surface area contributed by atoms with E-state index in [2.05, 4.69) is 11.1 Å². The molecular weight excluding hydrogens is 252 g/mol. The van der Waals surface area contributed by atoms with Gasteiger partial charge in [-0.25, -0.2) is 9.78 Å². The predicted molar refractivity (Wildman–Crippen MR) is 76.7 cm³/mol. The molecule has 2 aromatic rings. The van der Waals surface area contributed by atoms with Crippen LogP contribution in [0.25, 0.3) is 0 Å². The number of aliphatic carboxylic acids is 1. The fraction of sp³-hybridized carbons (Fsp3) is 0.250. The van der Waals surface area contributed by atoms with E-state index in [0.29, 0.717) is 13.0 Å². The summed E-state index contributed by atoms with van der Waals surface area (Å²) in [5.74, 6) is -0.0839. The first-order chi connectivity index (χ1) is 9.65. The molecule has 3 rings (SSSR count). The molecule has 1 aromatic heterocycles. The lowest BCUT2D eigenvalue weighted by atomic mass is 9.94. The van der Waals surface area contributed by atoms with Crippen molar-refractivity contribution >= 4 is 11.8 Å². The van der Waals surface area contributed by atoms with E-state index in [-0.39, 0.29) is 0 Å². The molecule has 4 nitrogen and oxygen atoms in total. The van der Waals surface area contributed by atoms with Gasteiger partial charge in [0.05, 0.1) is 0 Å². The Morgan fingerprint density at radius 3 is 2.65 bits per heavy atom. The van der Waals surface area contributed by atoms with E-state index in [4.69, 9.17) is 0 Å². The summed E-state index contributed by atoms with van der Waals surface area (Å²) in [6.45, 7) is 2.56. The van der Waals surface area contributed by atoms with Crippen molar-refractivity contribution in [1.82, 2.24) is 4.98 Å². The molecule has 0 saturated carbocycles. The molecule has 2 heterocycles. The molecule has 0 aliphatic carbocycles. The summed E-state index contributed by atoms with van der Waals surface area (Å²) >= 11 is 0. The maximum absolute atomic E-state index is 11.5. The zero-order valence-electron chi connectivity index (χ0n) is 11.3. The Morgan fingerprint density at radius 2 is 2.00 bits per heavy atom. The van der Waals surface area contributed by atoms with Gasteiger partial charge in [-0.05, 0) is 29.7 Å². The maximum Gasteiger partial charge on any atom is 0.326 e. The predicted octanol–water partition coefficient (Wildman–Crippen LogP) is 2.41. The molecule has 1 aromatic carbocycles. The number of anilines is 1. The molecule has 102 valence electrons. The van der Waals surface area contributed by atoms with Crippen molar-refractivity contribution in [2.24, 2.45) is 0 Å². The Kier molecular flexibility index (Phi) is 3.14. The number of fused-ring (bicyclic) bond motifs is 1. The highest BCUT2D eigenvalue weighted by molar-refractivity contribution is 5.79. The average molecular weight is 268 g/mol. The number of nitrogens with zero attached hydrogens (tertiary/aromatic N) is 2. The van der Waals surface area contributed by atoms with Crippen LogP contribution >= 0.6 is 0 Å². The van der Waals surface area contributed by atoms with Crippen LogP contribution in [0.15, 0.2) is 42.6 Å². The number of aryl methyl sites for hydroxylation is 1. The Morgan fingerprint density at radius 1 is 1.25 bits per heavy atom. The van der Waals surface area contributed by atoms with Gasteiger partial charge < -0.3 is 10.0 Å². The summed E-state index contributed by atoms with van der Waals surface area (Å²) in [5.41, 5.74) is 3.36. The monoisotopic (exact) mass is 268 g/mol. The molecule has 0 spiro atoms. The average Bonchev–Trinajstić information content (AvgIpc) is 2.46. The van der Waals surface area contributed by atoms with E-state index < -0.39 is 12.0 Å². The van der Waals surface area contributed by atoms with Gasteiger partial charge in [0.1, 0.15) is 11.9 Å². The van der Waals surface area contributed by atoms with Crippen molar-refractivity contribution in [3.63, 3.8) is 0 Å². The molecule has 1 aliphatic rings. The molecule has 1 N–H and O–H groups in total. The van der Waals surface area contributed by atoms with Gasteiger partial charge in [0.2, 0.25) is 0 Å². The van der Waals surface area contributed by atoms with Crippen molar-refractivity contribution in [3.8, 4) is 0 Å².